The zero-order valence-electron chi connectivity index (χ0n) is 16.9. The first-order valence-corrected chi connectivity index (χ1v) is 9.20. The Morgan fingerprint density at radius 2 is 1.77 bits per heavy atom. The average Bonchev–Trinajstić information content (AvgIpc) is 2.77. The first-order chi connectivity index (χ1) is 14.9. The Balaban J connectivity index is 2.07. The molecule has 0 unspecified atom stereocenters. The van der Waals surface area contributed by atoms with Crippen molar-refractivity contribution in [2.75, 3.05) is 27.9 Å². The van der Waals surface area contributed by atoms with Crippen molar-refractivity contribution in [3.8, 4) is 35.3 Å². The number of aromatic nitrogens is 2. The molecule has 0 aliphatic rings. The Morgan fingerprint density at radius 1 is 1.10 bits per heavy atom. The number of hydrogen-bond donors (Lipinski definition) is 1. The maximum Gasteiger partial charge on any atom is 0.349 e. The van der Waals surface area contributed by atoms with Crippen LogP contribution in [0.25, 0.3) is 10.9 Å². The van der Waals surface area contributed by atoms with E-state index in [2.05, 4.69) is 16.0 Å². The third-order valence-corrected chi connectivity index (χ3v) is 4.54. The molecule has 1 heterocycles. The molecule has 0 spiro atoms. The van der Waals surface area contributed by atoms with Crippen LogP contribution in [0.1, 0.15) is 5.56 Å². The number of aromatic amines is 1. The van der Waals surface area contributed by atoms with Gasteiger partial charge in [-0.3, -0.25) is 4.79 Å². The number of fused-ring (bicyclic) bond motifs is 1. The number of terminal acetylenes is 1. The lowest BCUT2D eigenvalue weighted by Crippen LogP contribution is -2.32. The highest BCUT2D eigenvalue weighted by Crippen LogP contribution is 2.36. The quantitative estimate of drug-likeness (QED) is 0.443. The van der Waals surface area contributed by atoms with Gasteiger partial charge in [0.15, 0.2) is 23.0 Å². The van der Waals surface area contributed by atoms with Gasteiger partial charge in [-0.2, -0.15) is 5.10 Å². The molecule has 3 rings (SSSR count). The minimum absolute atomic E-state index is 0.0135. The lowest BCUT2D eigenvalue weighted by Gasteiger charge is -2.11. The summed E-state index contributed by atoms with van der Waals surface area (Å²) in [6.45, 7) is 0.0135. The van der Waals surface area contributed by atoms with Gasteiger partial charge in [0, 0.05) is 6.07 Å². The van der Waals surface area contributed by atoms with E-state index in [1.165, 1.54) is 45.7 Å². The second-order valence-corrected chi connectivity index (χ2v) is 6.48. The highest BCUT2D eigenvalue weighted by molar-refractivity contribution is 6.32. The molecule has 9 nitrogen and oxygen atoms in total. The van der Waals surface area contributed by atoms with E-state index in [1.54, 1.807) is 6.07 Å². The lowest BCUT2D eigenvalue weighted by molar-refractivity contribution is 0.331. The summed E-state index contributed by atoms with van der Waals surface area (Å²) >= 11 is 6.24. The molecule has 0 amide bonds. The number of halogens is 1. The van der Waals surface area contributed by atoms with Crippen LogP contribution < -0.4 is 30.2 Å². The molecule has 3 aromatic rings. The van der Waals surface area contributed by atoms with Crippen LogP contribution in [0, 0.1) is 12.3 Å². The number of nitrogens with zero attached hydrogens (tertiary/aromatic N) is 2. The zero-order chi connectivity index (χ0) is 22.5. The van der Waals surface area contributed by atoms with Crippen molar-refractivity contribution in [2.45, 2.75) is 0 Å². The largest absolute Gasteiger partial charge is 0.493 e. The number of nitrogens with one attached hydrogen (secondary N) is 1. The second-order valence-electron chi connectivity index (χ2n) is 6.07. The van der Waals surface area contributed by atoms with Crippen LogP contribution in [0.5, 0.6) is 23.0 Å². The Bertz CT molecular complexity index is 1320. The first-order valence-electron chi connectivity index (χ1n) is 8.82. The Morgan fingerprint density at radius 3 is 2.42 bits per heavy atom. The van der Waals surface area contributed by atoms with E-state index in [0.717, 1.165) is 0 Å². The monoisotopic (exact) mass is 443 g/mol. The van der Waals surface area contributed by atoms with E-state index in [0.29, 0.717) is 33.0 Å². The van der Waals surface area contributed by atoms with E-state index in [4.69, 9.17) is 37.0 Å². The average molecular weight is 444 g/mol. The van der Waals surface area contributed by atoms with Gasteiger partial charge >= 0.3 is 5.69 Å². The molecule has 1 aromatic heterocycles. The normalized spacial score (nSPS) is 10.8. The summed E-state index contributed by atoms with van der Waals surface area (Å²) < 4.78 is 21.8. The number of rotatable bonds is 7. The van der Waals surface area contributed by atoms with Crippen molar-refractivity contribution in [1.82, 2.24) is 9.66 Å². The van der Waals surface area contributed by atoms with E-state index in [9.17, 15) is 9.59 Å². The molecule has 10 heteroatoms. The van der Waals surface area contributed by atoms with Gasteiger partial charge < -0.3 is 23.9 Å². The third kappa shape index (κ3) is 4.34. The zero-order valence-corrected chi connectivity index (χ0v) is 17.6. The van der Waals surface area contributed by atoms with E-state index in [-0.39, 0.29) is 22.8 Å². The summed E-state index contributed by atoms with van der Waals surface area (Å²) in [6.07, 6.45) is 6.50. The van der Waals surface area contributed by atoms with Crippen LogP contribution in [-0.2, 0) is 0 Å². The highest BCUT2D eigenvalue weighted by Gasteiger charge is 2.14. The summed E-state index contributed by atoms with van der Waals surface area (Å²) in [5.74, 6) is 3.66. The topological polar surface area (TPSA) is 104 Å². The highest BCUT2D eigenvalue weighted by atomic mass is 35.5. The van der Waals surface area contributed by atoms with E-state index < -0.39 is 11.2 Å². The Labute approximate surface area is 181 Å². The summed E-state index contributed by atoms with van der Waals surface area (Å²) in [6, 6.07) is 6.09. The Kier molecular flexibility index (Phi) is 6.52. The lowest BCUT2D eigenvalue weighted by atomic mass is 10.2. The summed E-state index contributed by atoms with van der Waals surface area (Å²) in [7, 11) is 4.34. The van der Waals surface area contributed by atoms with Crippen LogP contribution >= 0.6 is 11.6 Å². The third-order valence-electron chi connectivity index (χ3n) is 4.25. The van der Waals surface area contributed by atoms with Gasteiger partial charge in [0.05, 0.1) is 43.5 Å². The molecular weight excluding hydrogens is 426 g/mol. The van der Waals surface area contributed by atoms with Crippen molar-refractivity contribution in [3.05, 3.63) is 55.7 Å². The molecule has 0 aliphatic heterocycles. The van der Waals surface area contributed by atoms with Crippen LogP contribution in [0.3, 0.4) is 0 Å². The van der Waals surface area contributed by atoms with E-state index in [1.807, 2.05) is 0 Å². The minimum atomic E-state index is -0.729. The molecule has 0 atom stereocenters. The predicted octanol–water partition coefficient (Wildman–Crippen LogP) is 2.26. The van der Waals surface area contributed by atoms with Crippen LogP contribution in [0.4, 0.5) is 0 Å². The second kappa shape index (κ2) is 9.28. The fraction of sp³-hybridized carbons (Fsp3) is 0.190. The van der Waals surface area contributed by atoms with Gasteiger partial charge in [-0.1, -0.05) is 17.5 Å². The molecule has 1 N–H and O–H groups in total. The number of methoxy groups -OCH3 is 3. The van der Waals surface area contributed by atoms with E-state index >= 15 is 0 Å². The standard InChI is InChI=1S/C21H18ClN3O6/c1-5-6-31-19-14(22)7-12(8-18(19)30-4)11-23-25-20(26)13-9-16(28-2)17(29-3)10-15(13)24-21(25)27/h1,7-11H,6H2,2-4H3,(H,24,27)/b23-11-. The first kappa shape index (κ1) is 21.8. The Hall–Kier alpha value is -3.90. The van der Waals surface area contributed by atoms with Crippen molar-refractivity contribution in [1.29, 1.82) is 0 Å². The minimum Gasteiger partial charge on any atom is -0.493 e. The fourth-order valence-corrected chi connectivity index (χ4v) is 3.10. The van der Waals surface area contributed by atoms with Crippen LogP contribution in [0.15, 0.2) is 39.0 Å². The molecule has 0 bridgehead atoms. The molecule has 0 radical (unpaired) electrons. The fourth-order valence-electron chi connectivity index (χ4n) is 2.83. The summed E-state index contributed by atoms with van der Waals surface area (Å²) in [5, 5.41) is 4.43. The maximum atomic E-state index is 12.8. The number of benzene rings is 2. The molecule has 0 aliphatic carbocycles. The van der Waals surface area contributed by atoms with Gasteiger partial charge in [-0.25, -0.2) is 4.79 Å². The van der Waals surface area contributed by atoms with Crippen LogP contribution in [0.2, 0.25) is 5.02 Å². The van der Waals surface area contributed by atoms with Crippen LogP contribution in [-0.4, -0.2) is 43.8 Å². The van der Waals surface area contributed by atoms with Crippen molar-refractivity contribution in [2.24, 2.45) is 5.10 Å². The molecule has 31 heavy (non-hydrogen) atoms. The molecule has 0 saturated carbocycles. The van der Waals surface area contributed by atoms with Gasteiger partial charge in [-0.05, 0) is 23.8 Å². The molecule has 160 valence electrons. The van der Waals surface area contributed by atoms with Gasteiger partial charge in [-0.15, -0.1) is 11.1 Å². The SMILES string of the molecule is C#CCOc1c(Cl)cc(/C=N\n2c(=O)[nH]c3cc(OC)c(OC)cc3c2=O)cc1OC. The smallest absolute Gasteiger partial charge is 0.349 e. The predicted molar refractivity (Wildman–Crippen MR) is 117 cm³/mol. The van der Waals surface area contributed by atoms with Gasteiger partial charge in [0.1, 0.15) is 6.61 Å². The van der Waals surface area contributed by atoms with Crippen molar-refractivity contribution < 1.29 is 18.9 Å². The molecular formula is C21H18ClN3O6. The van der Waals surface area contributed by atoms with Gasteiger partial charge in [0.2, 0.25) is 0 Å². The molecule has 0 saturated heterocycles. The van der Waals surface area contributed by atoms with Crippen molar-refractivity contribution in [3.63, 3.8) is 0 Å². The number of ether oxygens (including phenoxy) is 4. The summed E-state index contributed by atoms with van der Waals surface area (Å²) in [5.41, 5.74) is -0.608. The van der Waals surface area contributed by atoms with Gasteiger partial charge in [0.25, 0.3) is 5.56 Å². The molecule has 0 fully saturated rings. The van der Waals surface area contributed by atoms with Crippen molar-refractivity contribution >= 4 is 28.7 Å². The molecule has 2 aromatic carbocycles. The summed E-state index contributed by atoms with van der Waals surface area (Å²) in [4.78, 5) is 27.9. The number of H-pyrrole nitrogens is 1. The number of hydrogen-bond acceptors (Lipinski definition) is 7. The maximum absolute atomic E-state index is 12.8.